The summed E-state index contributed by atoms with van der Waals surface area (Å²) in [6, 6.07) is 15.8. The monoisotopic (exact) mass is 451 g/mol. The standard InChI is InChI=1S/C17H14BrN3O3S2/c1-11-15(25-17(19-11)12-7-3-2-4-8-12)16(22)20-21-26(23,24)14-10-6-5-9-13(14)18/h2-10,21H,1H3,(H,20,22). The number of carbonyl (C=O) groups is 1. The molecule has 1 heterocycles. The van der Waals surface area contributed by atoms with E-state index in [1.165, 1.54) is 17.4 Å². The van der Waals surface area contributed by atoms with Gasteiger partial charge in [-0.1, -0.05) is 42.5 Å². The van der Waals surface area contributed by atoms with Crippen LogP contribution in [0.5, 0.6) is 0 Å². The van der Waals surface area contributed by atoms with E-state index >= 15 is 0 Å². The molecule has 9 heteroatoms. The molecule has 1 aromatic heterocycles. The van der Waals surface area contributed by atoms with Crippen molar-refractivity contribution in [3.8, 4) is 10.6 Å². The third kappa shape index (κ3) is 4.01. The predicted octanol–water partition coefficient (Wildman–Crippen LogP) is 3.50. The van der Waals surface area contributed by atoms with Crippen molar-refractivity contribution in [1.82, 2.24) is 15.2 Å². The zero-order valence-corrected chi connectivity index (χ0v) is 16.8. The van der Waals surface area contributed by atoms with Crippen LogP contribution in [0.2, 0.25) is 0 Å². The number of sulfonamides is 1. The van der Waals surface area contributed by atoms with Crippen LogP contribution in [0.15, 0.2) is 64.0 Å². The number of nitrogens with one attached hydrogen (secondary N) is 2. The zero-order valence-electron chi connectivity index (χ0n) is 13.6. The van der Waals surface area contributed by atoms with Gasteiger partial charge in [0.15, 0.2) is 0 Å². The molecule has 0 unspecified atom stereocenters. The van der Waals surface area contributed by atoms with Gasteiger partial charge in [0.1, 0.15) is 9.88 Å². The van der Waals surface area contributed by atoms with Crippen molar-refractivity contribution in [3.05, 3.63) is 69.6 Å². The maximum absolute atomic E-state index is 12.4. The van der Waals surface area contributed by atoms with Gasteiger partial charge in [-0.2, -0.15) is 0 Å². The number of hydrogen-bond donors (Lipinski definition) is 2. The normalized spacial score (nSPS) is 11.3. The Morgan fingerprint density at radius 3 is 2.42 bits per heavy atom. The van der Waals surface area contributed by atoms with E-state index in [1.54, 1.807) is 25.1 Å². The quantitative estimate of drug-likeness (QED) is 0.580. The second kappa shape index (κ2) is 7.67. The van der Waals surface area contributed by atoms with Crippen molar-refractivity contribution in [2.75, 3.05) is 0 Å². The van der Waals surface area contributed by atoms with Crippen molar-refractivity contribution in [2.45, 2.75) is 11.8 Å². The third-order valence-corrected chi connectivity index (χ3v) is 6.91. The number of aryl methyl sites for hydroxylation is 1. The van der Waals surface area contributed by atoms with Gasteiger partial charge in [-0.25, -0.2) is 13.4 Å². The molecule has 3 rings (SSSR count). The Morgan fingerprint density at radius 2 is 1.73 bits per heavy atom. The minimum absolute atomic E-state index is 0.0336. The number of thiazole rings is 1. The van der Waals surface area contributed by atoms with Gasteiger partial charge in [-0.05, 0) is 35.0 Å². The molecule has 0 saturated carbocycles. The molecule has 0 atom stereocenters. The Balaban J connectivity index is 1.77. The third-order valence-electron chi connectivity index (χ3n) is 3.45. The largest absolute Gasteiger partial charge is 0.278 e. The molecule has 3 aromatic rings. The van der Waals surface area contributed by atoms with Gasteiger partial charge in [0, 0.05) is 10.0 Å². The first-order valence-electron chi connectivity index (χ1n) is 7.48. The summed E-state index contributed by atoms with van der Waals surface area (Å²) in [6.45, 7) is 1.71. The first-order valence-corrected chi connectivity index (χ1v) is 10.6. The first-order chi connectivity index (χ1) is 12.4. The SMILES string of the molecule is Cc1nc(-c2ccccc2)sc1C(=O)NNS(=O)(=O)c1ccccc1Br. The van der Waals surface area contributed by atoms with Crippen LogP contribution in [-0.2, 0) is 10.0 Å². The molecule has 0 radical (unpaired) electrons. The lowest BCUT2D eigenvalue weighted by Gasteiger charge is -2.09. The predicted molar refractivity (Wildman–Crippen MR) is 104 cm³/mol. The van der Waals surface area contributed by atoms with Gasteiger partial charge in [-0.15, -0.1) is 16.2 Å². The number of hydrazine groups is 1. The van der Waals surface area contributed by atoms with Crippen LogP contribution in [0.3, 0.4) is 0 Å². The van der Waals surface area contributed by atoms with Gasteiger partial charge in [0.2, 0.25) is 0 Å². The number of rotatable bonds is 5. The van der Waals surface area contributed by atoms with Crippen LogP contribution in [0.4, 0.5) is 0 Å². The Kier molecular flexibility index (Phi) is 5.52. The molecule has 0 spiro atoms. The summed E-state index contributed by atoms with van der Waals surface area (Å²) in [5.74, 6) is -0.558. The Hall–Kier alpha value is -2.07. The molecule has 6 nitrogen and oxygen atoms in total. The summed E-state index contributed by atoms with van der Waals surface area (Å²) >= 11 is 4.39. The van der Waals surface area contributed by atoms with Crippen LogP contribution in [-0.4, -0.2) is 19.3 Å². The molecule has 0 fully saturated rings. The van der Waals surface area contributed by atoms with Gasteiger partial charge < -0.3 is 0 Å². The van der Waals surface area contributed by atoms with Crippen molar-refractivity contribution in [3.63, 3.8) is 0 Å². The molecular formula is C17H14BrN3O3S2. The summed E-state index contributed by atoms with van der Waals surface area (Å²) < 4.78 is 25.1. The summed E-state index contributed by atoms with van der Waals surface area (Å²) in [5, 5.41) is 0.696. The first kappa shape index (κ1) is 18.7. The van der Waals surface area contributed by atoms with Crippen LogP contribution < -0.4 is 10.3 Å². The summed E-state index contributed by atoms with van der Waals surface area (Å²) in [5.41, 5.74) is 3.67. The molecule has 0 saturated heterocycles. The van der Waals surface area contributed by atoms with E-state index in [9.17, 15) is 13.2 Å². The molecule has 1 amide bonds. The fourth-order valence-electron chi connectivity index (χ4n) is 2.20. The van der Waals surface area contributed by atoms with Crippen LogP contribution in [0.1, 0.15) is 15.4 Å². The van der Waals surface area contributed by atoms with E-state index in [0.29, 0.717) is 20.1 Å². The fourth-order valence-corrected chi connectivity index (χ4v) is 5.01. The van der Waals surface area contributed by atoms with E-state index in [0.717, 1.165) is 5.56 Å². The lowest BCUT2D eigenvalue weighted by atomic mass is 10.2. The van der Waals surface area contributed by atoms with Crippen LogP contribution in [0, 0.1) is 6.92 Å². The van der Waals surface area contributed by atoms with E-state index < -0.39 is 15.9 Å². The molecule has 0 bridgehead atoms. The van der Waals surface area contributed by atoms with Crippen molar-refractivity contribution < 1.29 is 13.2 Å². The second-order valence-electron chi connectivity index (χ2n) is 5.29. The second-order valence-corrected chi connectivity index (χ2v) is 8.79. The molecule has 134 valence electrons. The highest BCUT2D eigenvalue weighted by atomic mass is 79.9. The van der Waals surface area contributed by atoms with E-state index in [-0.39, 0.29) is 4.90 Å². The maximum atomic E-state index is 12.4. The molecule has 2 N–H and O–H groups in total. The molecule has 0 aliphatic carbocycles. The number of amides is 1. The number of benzene rings is 2. The number of halogens is 1. The van der Waals surface area contributed by atoms with E-state index in [4.69, 9.17) is 0 Å². The maximum Gasteiger partial charge on any atom is 0.278 e. The van der Waals surface area contributed by atoms with Crippen LogP contribution >= 0.6 is 27.3 Å². The van der Waals surface area contributed by atoms with Gasteiger partial charge in [-0.3, -0.25) is 10.2 Å². The lowest BCUT2D eigenvalue weighted by molar-refractivity contribution is 0.0948. The lowest BCUT2D eigenvalue weighted by Crippen LogP contribution is -2.41. The van der Waals surface area contributed by atoms with Gasteiger partial charge >= 0.3 is 0 Å². The van der Waals surface area contributed by atoms with E-state index in [2.05, 4.69) is 31.2 Å². The van der Waals surface area contributed by atoms with E-state index in [1.807, 2.05) is 30.3 Å². The van der Waals surface area contributed by atoms with Gasteiger partial charge in [0.05, 0.1) is 10.6 Å². The highest BCUT2D eigenvalue weighted by Gasteiger charge is 2.21. The summed E-state index contributed by atoms with van der Waals surface area (Å²) in [7, 11) is -3.90. The van der Waals surface area contributed by atoms with Crippen molar-refractivity contribution in [2.24, 2.45) is 0 Å². The summed E-state index contributed by atoms with van der Waals surface area (Å²) in [6.07, 6.45) is 0. The highest BCUT2D eigenvalue weighted by Crippen LogP contribution is 2.27. The number of hydrogen-bond acceptors (Lipinski definition) is 5. The average molecular weight is 452 g/mol. The van der Waals surface area contributed by atoms with Gasteiger partial charge in [0.25, 0.3) is 15.9 Å². The molecule has 0 aliphatic rings. The Morgan fingerprint density at radius 1 is 1.08 bits per heavy atom. The van der Waals surface area contributed by atoms with Crippen LogP contribution in [0.25, 0.3) is 10.6 Å². The topological polar surface area (TPSA) is 88.2 Å². The Labute approximate surface area is 163 Å². The number of carbonyl (C=O) groups excluding carboxylic acids is 1. The summed E-state index contributed by atoms with van der Waals surface area (Å²) in [4.78, 5) is 19.3. The number of aromatic nitrogens is 1. The van der Waals surface area contributed by atoms with Crippen molar-refractivity contribution >= 4 is 43.2 Å². The molecule has 26 heavy (non-hydrogen) atoms. The van der Waals surface area contributed by atoms with Crippen molar-refractivity contribution in [1.29, 1.82) is 0 Å². The fraction of sp³-hybridized carbons (Fsp3) is 0.0588. The molecule has 0 aliphatic heterocycles. The average Bonchev–Trinajstić information content (AvgIpc) is 3.03. The Bertz CT molecular complexity index is 1050. The minimum atomic E-state index is -3.90. The zero-order chi connectivity index (χ0) is 18.7. The molecular weight excluding hydrogens is 438 g/mol. The molecule has 2 aromatic carbocycles. The smallest absolute Gasteiger partial charge is 0.273 e. The highest BCUT2D eigenvalue weighted by molar-refractivity contribution is 9.10. The minimum Gasteiger partial charge on any atom is -0.273 e. The number of nitrogens with zero attached hydrogens (tertiary/aromatic N) is 1.